The first kappa shape index (κ1) is 22.1. The van der Waals surface area contributed by atoms with Crippen LogP contribution in [-0.4, -0.2) is 49.7 Å². The van der Waals surface area contributed by atoms with E-state index in [9.17, 15) is 4.79 Å². The van der Waals surface area contributed by atoms with Gasteiger partial charge in [0.05, 0.1) is 43.6 Å². The predicted molar refractivity (Wildman–Crippen MR) is 130 cm³/mol. The zero-order chi connectivity index (χ0) is 24.4. The lowest BCUT2D eigenvalue weighted by Crippen LogP contribution is -2.17. The van der Waals surface area contributed by atoms with E-state index >= 15 is 0 Å². The van der Waals surface area contributed by atoms with Gasteiger partial charge in [0.15, 0.2) is 23.0 Å². The minimum absolute atomic E-state index is 0.149. The average molecular weight is 470 g/mol. The summed E-state index contributed by atoms with van der Waals surface area (Å²) < 4.78 is 13.9. The zero-order valence-corrected chi connectivity index (χ0v) is 19.5. The number of nitrogens with one attached hydrogen (secondary N) is 1. The third-order valence-electron chi connectivity index (χ3n) is 5.46. The van der Waals surface area contributed by atoms with Gasteiger partial charge in [0.2, 0.25) is 5.91 Å². The number of carbonyl (C=O) groups is 1. The molecular weight excluding hydrogens is 446 g/mol. The number of nitrogens with zero attached hydrogens (tertiary/aromatic N) is 6. The summed E-state index contributed by atoms with van der Waals surface area (Å²) >= 11 is 0. The summed E-state index contributed by atoms with van der Waals surface area (Å²) in [6, 6.07) is 16.9. The summed E-state index contributed by atoms with van der Waals surface area (Å²) in [6.07, 6.45) is 3.31. The Hall–Kier alpha value is -4.73. The maximum Gasteiger partial charge on any atom is 0.229 e. The lowest BCUT2D eigenvalue weighted by Gasteiger charge is -2.11. The minimum Gasteiger partial charge on any atom is -0.493 e. The van der Waals surface area contributed by atoms with E-state index in [1.807, 2.05) is 43.3 Å². The highest BCUT2D eigenvalue weighted by atomic mass is 16.5. The van der Waals surface area contributed by atoms with Crippen molar-refractivity contribution in [2.75, 3.05) is 19.5 Å². The van der Waals surface area contributed by atoms with E-state index in [1.165, 1.54) is 6.33 Å². The van der Waals surface area contributed by atoms with Crippen LogP contribution in [0.5, 0.6) is 11.5 Å². The molecule has 0 saturated heterocycles. The molecule has 5 rings (SSSR count). The van der Waals surface area contributed by atoms with Crippen LogP contribution in [0.2, 0.25) is 0 Å². The number of methoxy groups -OCH3 is 2. The average Bonchev–Trinajstić information content (AvgIpc) is 3.47. The van der Waals surface area contributed by atoms with Crippen molar-refractivity contribution in [1.82, 2.24) is 29.5 Å². The molecule has 0 spiro atoms. The van der Waals surface area contributed by atoms with E-state index in [4.69, 9.17) is 9.47 Å². The second kappa shape index (κ2) is 9.26. The number of carbonyl (C=O) groups excluding carboxylic acids is 1. The Bertz CT molecular complexity index is 1510. The molecule has 5 aromatic rings. The molecule has 0 aliphatic rings. The van der Waals surface area contributed by atoms with Crippen molar-refractivity contribution in [3.63, 3.8) is 0 Å². The van der Waals surface area contributed by atoms with Crippen molar-refractivity contribution in [2.24, 2.45) is 0 Å². The van der Waals surface area contributed by atoms with Gasteiger partial charge in [0.25, 0.3) is 0 Å². The number of hydrogen-bond acceptors (Lipinski definition) is 7. The molecule has 3 heterocycles. The van der Waals surface area contributed by atoms with Crippen LogP contribution in [0.25, 0.3) is 22.5 Å². The van der Waals surface area contributed by atoms with Crippen LogP contribution < -0.4 is 14.8 Å². The Morgan fingerprint density at radius 3 is 2.54 bits per heavy atom. The normalized spacial score (nSPS) is 10.9. The van der Waals surface area contributed by atoms with Gasteiger partial charge in [-0.2, -0.15) is 14.9 Å². The molecule has 1 N–H and O–H groups in total. The van der Waals surface area contributed by atoms with Gasteiger partial charge in [-0.05, 0) is 36.8 Å². The molecule has 0 fully saturated rings. The van der Waals surface area contributed by atoms with E-state index in [1.54, 1.807) is 48.0 Å². The van der Waals surface area contributed by atoms with E-state index in [0.717, 1.165) is 16.9 Å². The van der Waals surface area contributed by atoms with Crippen LogP contribution in [0.1, 0.15) is 11.3 Å². The van der Waals surface area contributed by atoms with Gasteiger partial charge in [0.1, 0.15) is 12.1 Å². The molecule has 2 aromatic carbocycles. The van der Waals surface area contributed by atoms with Gasteiger partial charge in [0, 0.05) is 6.07 Å². The van der Waals surface area contributed by atoms with Gasteiger partial charge >= 0.3 is 0 Å². The van der Waals surface area contributed by atoms with E-state index in [0.29, 0.717) is 34.2 Å². The standard InChI is InChI=1S/C25H23N7O3/c1-16-11-22(29-23(33)13-17-9-10-20(34-2)21(12-17)35-3)32(30-16)25-19-14-28-31(24(19)26-15-27-25)18-7-5-4-6-8-18/h4-12,14-15H,13H2,1-3H3,(H,29,33). The third-order valence-corrected chi connectivity index (χ3v) is 5.46. The number of rotatable bonds is 7. The molecule has 0 bridgehead atoms. The number of ether oxygens (including phenoxy) is 2. The van der Waals surface area contributed by atoms with Gasteiger partial charge < -0.3 is 14.8 Å². The zero-order valence-electron chi connectivity index (χ0n) is 19.5. The summed E-state index contributed by atoms with van der Waals surface area (Å²) in [5.74, 6) is 1.99. The molecule has 0 unspecified atom stereocenters. The quantitative estimate of drug-likeness (QED) is 0.388. The second-order valence-corrected chi connectivity index (χ2v) is 7.82. The molecule has 0 radical (unpaired) electrons. The summed E-state index contributed by atoms with van der Waals surface area (Å²) in [5, 5.41) is 12.7. The number of anilines is 1. The van der Waals surface area contributed by atoms with Crippen molar-refractivity contribution >= 4 is 22.8 Å². The van der Waals surface area contributed by atoms with Crippen LogP contribution in [0, 0.1) is 6.92 Å². The molecule has 0 atom stereocenters. The van der Waals surface area contributed by atoms with Crippen molar-refractivity contribution < 1.29 is 14.3 Å². The Labute approximate surface area is 201 Å². The van der Waals surface area contributed by atoms with Crippen LogP contribution in [0.3, 0.4) is 0 Å². The first-order chi connectivity index (χ1) is 17.1. The lowest BCUT2D eigenvalue weighted by molar-refractivity contribution is -0.115. The van der Waals surface area contributed by atoms with Crippen LogP contribution in [-0.2, 0) is 11.2 Å². The molecule has 0 aliphatic heterocycles. The molecule has 0 aliphatic carbocycles. The van der Waals surface area contributed by atoms with Gasteiger partial charge in [-0.25, -0.2) is 14.6 Å². The predicted octanol–water partition coefficient (Wildman–Crippen LogP) is 3.51. The number of fused-ring (bicyclic) bond motifs is 1. The maximum atomic E-state index is 12.9. The van der Waals surface area contributed by atoms with Crippen molar-refractivity contribution in [3.05, 3.63) is 78.4 Å². The Balaban J connectivity index is 1.45. The molecular formula is C25H23N7O3. The monoisotopic (exact) mass is 469 g/mol. The van der Waals surface area contributed by atoms with E-state index < -0.39 is 0 Å². The Kier molecular flexibility index (Phi) is 5.84. The van der Waals surface area contributed by atoms with Crippen molar-refractivity contribution in [3.8, 4) is 23.0 Å². The van der Waals surface area contributed by atoms with Crippen molar-refractivity contribution in [2.45, 2.75) is 13.3 Å². The Morgan fingerprint density at radius 2 is 1.77 bits per heavy atom. The number of aryl methyl sites for hydroxylation is 1. The highest BCUT2D eigenvalue weighted by molar-refractivity contribution is 5.92. The molecule has 0 saturated carbocycles. The van der Waals surface area contributed by atoms with Crippen LogP contribution in [0.4, 0.5) is 5.82 Å². The number of aromatic nitrogens is 6. The fraction of sp³-hybridized carbons (Fsp3) is 0.160. The van der Waals surface area contributed by atoms with Gasteiger partial charge in [-0.1, -0.05) is 24.3 Å². The number of para-hydroxylation sites is 1. The fourth-order valence-electron chi connectivity index (χ4n) is 3.87. The second-order valence-electron chi connectivity index (χ2n) is 7.82. The third kappa shape index (κ3) is 4.29. The molecule has 1 amide bonds. The molecule has 10 heteroatoms. The van der Waals surface area contributed by atoms with E-state index in [2.05, 4.69) is 25.5 Å². The number of hydrogen-bond donors (Lipinski definition) is 1. The SMILES string of the molecule is COc1ccc(CC(=O)Nc2cc(C)nn2-c2ncnc3c2cnn3-c2ccccc2)cc1OC. The van der Waals surface area contributed by atoms with Crippen LogP contribution in [0.15, 0.2) is 67.1 Å². The number of benzene rings is 2. The highest BCUT2D eigenvalue weighted by Gasteiger charge is 2.18. The molecule has 3 aromatic heterocycles. The minimum atomic E-state index is -0.205. The van der Waals surface area contributed by atoms with E-state index in [-0.39, 0.29) is 12.3 Å². The summed E-state index contributed by atoms with van der Waals surface area (Å²) in [4.78, 5) is 21.8. The molecule has 10 nitrogen and oxygen atoms in total. The van der Waals surface area contributed by atoms with Gasteiger partial charge in [-0.3, -0.25) is 4.79 Å². The van der Waals surface area contributed by atoms with Gasteiger partial charge in [-0.15, -0.1) is 0 Å². The maximum absolute atomic E-state index is 12.9. The fourth-order valence-corrected chi connectivity index (χ4v) is 3.87. The van der Waals surface area contributed by atoms with Crippen LogP contribution >= 0.6 is 0 Å². The Morgan fingerprint density at radius 1 is 0.971 bits per heavy atom. The first-order valence-corrected chi connectivity index (χ1v) is 10.9. The summed E-state index contributed by atoms with van der Waals surface area (Å²) in [5.41, 5.74) is 3.04. The van der Waals surface area contributed by atoms with Crippen molar-refractivity contribution in [1.29, 1.82) is 0 Å². The smallest absolute Gasteiger partial charge is 0.229 e. The molecule has 35 heavy (non-hydrogen) atoms. The molecule has 176 valence electrons. The topological polar surface area (TPSA) is 109 Å². The lowest BCUT2D eigenvalue weighted by atomic mass is 10.1. The highest BCUT2D eigenvalue weighted by Crippen LogP contribution is 2.28. The number of amides is 1. The summed E-state index contributed by atoms with van der Waals surface area (Å²) in [6.45, 7) is 1.85. The summed E-state index contributed by atoms with van der Waals surface area (Å²) in [7, 11) is 3.13. The first-order valence-electron chi connectivity index (χ1n) is 10.9. The largest absolute Gasteiger partial charge is 0.493 e.